The lowest BCUT2D eigenvalue weighted by Gasteiger charge is -2.25. The second-order valence-corrected chi connectivity index (χ2v) is 7.48. The molecule has 8 nitrogen and oxygen atoms in total. The number of aliphatic hydroxyl groups is 1. The van der Waals surface area contributed by atoms with Crippen LogP contribution in [0.4, 0.5) is 5.69 Å². The summed E-state index contributed by atoms with van der Waals surface area (Å²) in [5.74, 6) is -0.0321. The molecular weight excluding hydrogens is 372 g/mol. The van der Waals surface area contributed by atoms with Gasteiger partial charge in [0.1, 0.15) is 5.75 Å². The monoisotopic (exact) mass is 396 g/mol. The quantitative estimate of drug-likeness (QED) is 0.521. The molecule has 29 heavy (non-hydrogen) atoms. The van der Waals surface area contributed by atoms with Gasteiger partial charge in [-0.25, -0.2) is 0 Å². The first-order valence-electron chi connectivity index (χ1n) is 9.71. The van der Waals surface area contributed by atoms with E-state index in [2.05, 4.69) is 10.4 Å². The van der Waals surface area contributed by atoms with Crippen molar-refractivity contribution in [1.29, 1.82) is 0 Å². The fraction of sp³-hybridized carbons (Fsp3) is 0.381. The number of pyridine rings is 1. The Hall–Kier alpha value is -3.13. The highest BCUT2D eigenvalue weighted by Crippen LogP contribution is 2.33. The zero-order chi connectivity index (χ0) is 20.5. The van der Waals surface area contributed by atoms with E-state index >= 15 is 0 Å². The van der Waals surface area contributed by atoms with Gasteiger partial charge < -0.3 is 20.4 Å². The number of aromatic nitrogens is 3. The van der Waals surface area contributed by atoms with Crippen molar-refractivity contribution in [3.05, 3.63) is 53.1 Å². The average Bonchev–Trinajstić information content (AvgIpc) is 3.12. The van der Waals surface area contributed by atoms with Crippen LogP contribution >= 0.6 is 0 Å². The summed E-state index contributed by atoms with van der Waals surface area (Å²) < 4.78 is 7.98. The van der Waals surface area contributed by atoms with Crippen LogP contribution in [0.25, 0.3) is 10.9 Å². The highest BCUT2D eigenvalue weighted by Gasteiger charge is 2.23. The number of methoxy groups -OCH3 is 1. The van der Waals surface area contributed by atoms with Crippen molar-refractivity contribution in [1.82, 2.24) is 9.78 Å². The molecule has 0 atom stereocenters. The highest BCUT2D eigenvalue weighted by molar-refractivity contribution is 6.04. The van der Waals surface area contributed by atoms with Crippen molar-refractivity contribution in [2.75, 3.05) is 12.4 Å². The first kappa shape index (κ1) is 19.2. The first-order valence-corrected chi connectivity index (χ1v) is 9.71. The van der Waals surface area contributed by atoms with Crippen LogP contribution in [-0.4, -0.2) is 34.0 Å². The maximum atomic E-state index is 12.6. The van der Waals surface area contributed by atoms with Gasteiger partial charge in [0.05, 0.1) is 30.5 Å². The van der Waals surface area contributed by atoms with Gasteiger partial charge in [0.2, 0.25) is 0 Å². The third-order valence-corrected chi connectivity index (χ3v) is 5.50. The third-order valence-electron chi connectivity index (χ3n) is 5.50. The number of aryl methyl sites for hydroxylation is 1. The Labute approximate surface area is 168 Å². The van der Waals surface area contributed by atoms with Crippen molar-refractivity contribution in [3.8, 4) is 5.75 Å². The van der Waals surface area contributed by atoms with Gasteiger partial charge >= 0.3 is 5.91 Å². The van der Waals surface area contributed by atoms with Crippen molar-refractivity contribution in [2.24, 2.45) is 0 Å². The number of rotatable bonds is 4. The Morgan fingerprint density at radius 1 is 1.31 bits per heavy atom. The Morgan fingerprint density at radius 2 is 2.07 bits per heavy atom. The Morgan fingerprint density at radius 3 is 2.79 bits per heavy atom. The van der Waals surface area contributed by atoms with Crippen molar-refractivity contribution in [3.63, 3.8) is 0 Å². The number of hydrogen-bond acceptors (Lipinski definition) is 5. The number of nitrogens with one attached hydrogen (secondary N) is 1. The molecule has 2 N–H and O–H groups in total. The number of fused-ring (bicyclic) bond motifs is 1. The van der Waals surface area contributed by atoms with Crippen LogP contribution in [0.3, 0.4) is 0 Å². The van der Waals surface area contributed by atoms with E-state index in [1.807, 2.05) is 10.9 Å². The van der Waals surface area contributed by atoms with Crippen molar-refractivity contribution >= 4 is 22.5 Å². The molecule has 0 aliphatic heterocycles. The number of carbonyl (C=O) groups excluding carboxylic acids is 1. The van der Waals surface area contributed by atoms with E-state index in [1.54, 1.807) is 31.2 Å². The van der Waals surface area contributed by atoms with Crippen LogP contribution in [-0.2, 0) is 0 Å². The molecule has 1 aliphatic carbocycles. The van der Waals surface area contributed by atoms with E-state index in [-0.39, 0.29) is 17.8 Å². The number of aliphatic hydroxyl groups excluding tert-OH is 1. The molecule has 2 aromatic heterocycles. The highest BCUT2D eigenvalue weighted by atomic mass is 16.5. The standard InChI is InChI=1S/C21H24N4O4/c1-13-4-3-5-19(25(13)28)21(27)22-18-10-14-12-24(15-6-8-16(26)9-7-15)23-17(14)11-20(18)29-2/h3-5,10-12,15-16,26H,6-9H2,1-2H3,(H,22,27). The second kappa shape index (κ2) is 7.71. The number of anilines is 1. The largest absolute Gasteiger partial charge is 0.618 e. The maximum absolute atomic E-state index is 12.6. The lowest BCUT2D eigenvalue weighted by atomic mass is 9.93. The summed E-state index contributed by atoms with van der Waals surface area (Å²) >= 11 is 0. The van der Waals surface area contributed by atoms with E-state index in [4.69, 9.17) is 4.74 Å². The summed E-state index contributed by atoms with van der Waals surface area (Å²) in [5.41, 5.74) is 1.70. The molecule has 1 aliphatic rings. The summed E-state index contributed by atoms with van der Waals surface area (Å²) in [6.07, 6.45) is 5.05. The predicted octanol–water partition coefficient (Wildman–Crippen LogP) is 2.72. The van der Waals surface area contributed by atoms with Crippen LogP contribution < -0.4 is 14.8 Å². The van der Waals surface area contributed by atoms with Gasteiger partial charge in [-0.15, -0.1) is 0 Å². The number of amides is 1. The second-order valence-electron chi connectivity index (χ2n) is 7.48. The Kier molecular flexibility index (Phi) is 5.10. The predicted molar refractivity (Wildman–Crippen MR) is 108 cm³/mol. The normalized spacial score (nSPS) is 19.3. The summed E-state index contributed by atoms with van der Waals surface area (Å²) in [6.45, 7) is 1.65. The average molecular weight is 396 g/mol. The van der Waals surface area contributed by atoms with E-state index in [1.165, 1.54) is 13.2 Å². The summed E-state index contributed by atoms with van der Waals surface area (Å²) in [6, 6.07) is 8.63. The Balaban J connectivity index is 1.63. The van der Waals surface area contributed by atoms with Crippen LogP contribution in [0, 0.1) is 12.1 Å². The van der Waals surface area contributed by atoms with Gasteiger partial charge in [0.15, 0.2) is 5.69 Å². The minimum Gasteiger partial charge on any atom is -0.618 e. The van der Waals surface area contributed by atoms with Gasteiger partial charge in [-0.2, -0.15) is 9.83 Å². The lowest BCUT2D eigenvalue weighted by molar-refractivity contribution is -0.614. The molecule has 8 heteroatoms. The van der Waals surface area contributed by atoms with E-state index in [9.17, 15) is 15.1 Å². The van der Waals surface area contributed by atoms with Gasteiger partial charge in [-0.1, -0.05) is 0 Å². The minimum absolute atomic E-state index is 0.0172. The molecule has 1 saturated carbocycles. The number of carbonyl (C=O) groups is 1. The van der Waals surface area contributed by atoms with Crippen LogP contribution in [0.5, 0.6) is 5.75 Å². The van der Waals surface area contributed by atoms with Crippen molar-refractivity contribution in [2.45, 2.75) is 44.8 Å². The summed E-state index contributed by atoms with van der Waals surface area (Å²) in [7, 11) is 1.52. The summed E-state index contributed by atoms with van der Waals surface area (Å²) in [5, 5.41) is 30.2. The van der Waals surface area contributed by atoms with E-state index in [0.717, 1.165) is 36.6 Å². The molecule has 3 aromatic rings. The topological polar surface area (TPSA) is 103 Å². The molecule has 2 heterocycles. The smallest absolute Gasteiger partial charge is 0.321 e. The van der Waals surface area contributed by atoms with Gasteiger partial charge in [-0.3, -0.25) is 9.48 Å². The van der Waals surface area contributed by atoms with Crippen LogP contribution in [0.2, 0.25) is 0 Å². The third kappa shape index (κ3) is 3.75. The minimum atomic E-state index is -0.505. The molecule has 1 amide bonds. The fourth-order valence-corrected chi connectivity index (χ4v) is 3.81. The van der Waals surface area contributed by atoms with Gasteiger partial charge in [0, 0.05) is 36.7 Å². The van der Waals surface area contributed by atoms with Crippen LogP contribution in [0.15, 0.2) is 36.5 Å². The van der Waals surface area contributed by atoms with E-state index < -0.39 is 5.91 Å². The Bertz CT molecular complexity index is 1050. The molecule has 152 valence electrons. The zero-order valence-electron chi connectivity index (χ0n) is 16.5. The zero-order valence-corrected chi connectivity index (χ0v) is 16.5. The van der Waals surface area contributed by atoms with Crippen molar-refractivity contribution < 1.29 is 19.4 Å². The molecule has 0 spiro atoms. The number of ether oxygens (including phenoxy) is 1. The molecule has 4 rings (SSSR count). The maximum Gasteiger partial charge on any atom is 0.321 e. The van der Waals surface area contributed by atoms with Crippen LogP contribution in [0.1, 0.15) is 47.9 Å². The summed E-state index contributed by atoms with van der Waals surface area (Å²) in [4.78, 5) is 12.6. The lowest BCUT2D eigenvalue weighted by Crippen LogP contribution is -2.39. The molecular formula is C21H24N4O4. The molecule has 1 aromatic carbocycles. The SMILES string of the molecule is COc1cc2nn(C3CCC(O)CC3)cc2cc1NC(=O)c1cccc(C)[n+]1[O-]. The van der Waals surface area contributed by atoms with Gasteiger partial charge in [0.25, 0.3) is 5.69 Å². The molecule has 1 fully saturated rings. The number of benzene rings is 1. The number of hydrogen-bond donors (Lipinski definition) is 2. The molecule has 0 unspecified atom stereocenters. The molecule has 0 bridgehead atoms. The van der Waals surface area contributed by atoms with Gasteiger partial charge in [-0.05, 0) is 37.8 Å². The molecule has 0 radical (unpaired) electrons. The van der Waals surface area contributed by atoms with E-state index in [0.29, 0.717) is 21.9 Å². The first-order chi connectivity index (χ1) is 14.0. The number of nitrogens with zero attached hydrogens (tertiary/aromatic N) is 3. The fourth-order valence-electron chi connectivity index (χ4n) is 3.81. The molecule has 0 saturated heterocycles.